The summed E-state index contributed by atoms with van der Waals surface area (Å²) in [5.74, 6) is 0.128. The summed E-state index contributed by atoms with van der Waals surface area (Å²) in [5, 5.41) is 7.51. The summed E-state index contributed by atoms with van der Waals surface area (Å²) in [6, 6.07) is 10.1. The molecule has 1 aliphatic heterocycles. The number of hydrogen-bond donors (Lipinski definition) is 1. The largest absolute Gasteiger partial charge is 0.337 e. The maximum absolute atomic E-state index is 12.9. The van der Waals surface area contributed by atoms with Crippen LogP contribution in [0.4, 0.5) is 0 Å². The van der Waals surface area contributed by atoms with Gasteiger partial charge in [0, 0.05) is 37.1 Å². The fourth-order valence-electron chi connectivity index (χ4n) is 3.00. The average Bonchev–Trinajstić information content (AvgIpc) is 3.08. The summed E-state index contributed by atoms with van der Waals surface area (Å²) in [6.45, 7) is 2.25. The molecule has 24 heavy (non-hydrogen) atoms. The Morgan fingerprint density at radius 2 is 2.08 bits per heavy atom. The van der Waals surface area contributed by atoms with Gasteiger partial charge in [0.15, 0.2) is 0 Å². The van der Waals surface area contributed by atoms with Crippen molar-refractivity contribution in [2.45, 2.75) is 25.4 Å². The Morgan fingerprint density at radius 3 is 2.79 bits per heavy atom. The highest BCUT2D eigenvalue weighted by molar-refractivity contribution is 5.95. The van der Waals surface area contributed by atoms with E-state index in [4.69, 9.17) is 0 Å². The predicted molar refractivity (Wildman–Crippen MR) is 100 cm³/mol. The number of piperidine rings is 1. The topological polar surface area (TPSA) is 50.2 Å². The second-order valence-electron chi connectivity index (χ2n) is 5.74. The van der Waals surface area contributed by atoms with E-state index in [2.05, 4.69) is 10.4 Å². The van der Waals surface area contributed by atoms with Crippen LogP contribution < -0.4 is 5.32 Å². The van der Waals surface area contributed by atoms with Crippen molar-refractivity contribution in [2.75, 3.05) is 20.1 Å². The van der Waals surface area contributed by atoms with Crippen molar-refractivity contribution in [1.29, 1.82) is 0 Å². The van der Waals surface area contributed by atoms with Gasteiger partial charge in [-0.3, -0.25) is 9.48 Å². The molecule has 3 rings (SSSR count). The Balaban J connectivity index is 0.00000144. The molecule has 0 spiro atoms. The van der Waals surface area contributed by atoms with Crippen LogP contribution in [0.25, 0.3) is 0 Å². The average molecular weight is 371 g/mol. The van der Waals surface area contributed by atoms with Crippen molar-refractivity contribution < 1.29 is 4.79 Å². The molecule has 5 nitrogen and oxygen atoms in total. The Morgan fingerprint density at radius 1 is 1.29 bits per heavy atom. The molecule has 1 aliphatic rings. The fraction of sp³-hybridized carbons (Fsp3) is 0.412. The molecule has 0 aliphatic carbocycles. The number of carbonyl (C=O) groups excluding carboxylic acids is 1. The van der Waals surface area contributed by atoms with Crippen molar-refractivity contribution in [2.24, 2.45) is 0 Å². The molecule has 1 aromatic heterocycles. The van der Waals surface area contributed by atoms with Gasteiger partial charge < -0.3 is 10.2 Å². The number of rotatable bonds is 4. The van der Waals surface area contributed by atoms with Gasteiger partial charge in [-0.15, -0.1) is 24.8 Å². The van der Waals surface area contributed by atoms with Crippen LogP contribution in [0.2, 0.25) is 0 Å². The van der Waals surface area contributed by atoms with Gasteiger partial charge in [0.05, 0.1) is 6.54 Å². The number of amides is 1. The van der Waals surface area contributed by atoms with Crippen LogP contribution in [-0.2, 0) is 6.54 Å². The Kier molecular flexibility index (Phi) is 8.25. The summed E-state index contributed by atoms with van der Waals surface area (Å²) in [7, 11) is 1.96. The third-order valence-corrected chi connectivity index (χ3v) is 4.26. The number of halogens is 2. The van der Waals surface area contributed by atoms with E-state index in [1.807, 2.05) is 53.2 Å². The molecule has 2 aromatic rings. The lowest BCUT2D eigenvalue weighted by Gasteiger charge is -2.33. The molecule has 1 unspecified atom stereocenters. The maximum Gasteiger partial charge on any atom is 0.254 e. The number of carbonyl (C=O) groups is 1. The zero-order valence-electron chi connectivity index (χ0n) is 13.7. The van der Waals surface area contributed by atoms with Crippen LogP contribution in [0.15, 0.2) is 42.7 Å². The molecular weight excluding hydrogens is 347 g/mol. The van der Waals surface area contributed by atoms with Crippen molar-refractivity contribution >= 4 is 30.7 Å². The first kappa shape index (κ1) is 20.5. The normalized spacial score (nSPS) is 16.9. The van der Waals surface area contributed by atoms with E-state index in [0.717, 1.165) is 37.1 Å². The Labute approximate surface area is 155 Å². The number of aromatic nitrogens is 2. The number of benzene rings is 1. The highest BCUT2D eigenvalue weighted by atomic mass is 35.5. The maximum atomic E-state index is 12.9. The van der Waals surface area contributed by atoms with Crippen LogP contribution in [-0.4, -0.2) is 46.8 Å². The lowest BCUT2D eigenvalue weighted by molar-refractivity contribution is 0.0697. The van der Waals surface area contributed by atoms with Crippen molar-refractivity contribution in [1.82, 2.24) is 20.0 Å². The molecular formula is C17H24Cl2N4O. The number of nitrogens with zero attached hydrogens (tertiary/aromatic N) is 3. The van der Waals surface area contributed by atoms with E-state index in [1.165, 1.54) is 0 Å². The molecule has 132 valence electrons. The lowest BCUT2D eigenvalue weighted by atomic mass is 10.0. The molecule has 7 heteroatoms. The van der Waals surface area contributed by atoms with Crippen LogP contribution in [0.5, 0.6) is 0 Å². The van der Waals surface area contributed by atoms with Crippen LogP contribution in [0.1, 0.15) is 28.8 Å². The van der Waals surface area contributed by atoms with Gasteiger partial charge in [-0.2, -0.15) is 5.10 Å². The van der Waals surface area contributed by atoms with Crippen molar-refractivity contribution in [3.63, 3.8) is 0 Å². The third-order valence-electron chi connectivity index (χ3n) is 4.26. The molecule has 1 atom stereocenters. The number of likely N-dealkylation sites (tertiary alicyclic amines) is 1. The van der Waals surface area contributed by atoms with Gasteiger partial charge >= 0.3 is 0 Å². The smallest absolute Gasteiger partial charge is 0.254 e. The van der Waals surface area contributed by atoms with E-state index >= 15 is 0 Å². The highest BCUT2D eigenvalue weighted by Crippen LogP contribution is 2.17. The second-order valence-corrected chi connectivity index (χ2v) is 5.74. The van der Waals surface area contributed by atoms with Gasteiger partial charge in [-0.1, -0.05) is 18.2 Å². The standard InChI is InChI=1S/C17H22N4O.2ClH/c1-18-15-7-4-10-20(13-15)17(22)16-8-3-2-6-14(16)12-21-11-5-9-19-21;;/h2-3,5-6,8-9,11,15,18H,4,7,10,12-13H2,1H3;2*1H. The Bertz CT molecular complexity index is 633. The third kappa shape index (κ3) is 4.72. The monoisotopic (exact) mass is 370 g/mol. The molecule has 1 saturated heterocycles. The molecule has 1 N–H and O–H groups in total. The quantitative estimate of drug-likeness (QED) is 0.899. The first-order valence-electron chi connectivity index (χ1n) is 7.80. The lowest BCUT2D eigenvalue weighted by Crippen LogP contribution is -2.47. The Hall–Kier alpha value is -1.56. The minimum Gasteiger partial charge on any atom is -0.337 e. The highest BCUT2D eigenvalue weighted by Gasteiger charge is 2.24. The molecule has 1 fully saturated rings. The summed E-state index contributed by atoms with van der Waals surface area (Å²) in [4.78, 5) is 14.8. The molecule has 0 radical (unpaired) electrons. The minimum absolute atomic E-state index is 0. The number of likely N-dealkylation sites (N-methyl/N-ethyl adjacent to an activating group) is 1. The molecule has 1 aromatic carbocycles. The summed E-state index contributed by atoms with van der Waals surface area (Å²) < 4.78 is 1.85. The summed E-state index contributed by atoms with van der Waals surface area (Å²) in [6.07, 6.45) is 5.86. The second kappa shape index (κ2) is 9.67. The van der Waals surface area contributed by atoms with Gasteiger partial charge in [0.2, 0.25) is 0 Å². The zero-order valence-corrected chi connectivity index (χ0v) is 15.4. The molecule has 2 heterocycles. The fourth-order valence-corrected chi connectivity index (χ4v) is 3.00. The van der Waals surface area contributed by atoms with Crippen molar-refractivity contribution in [3.05, 3.63) is 53.9 Å². The predicted octanol–water partition coefficient (Wildman–Crippen LogP) is 2.60. The van der Waals surface area contributed by atoms with Gasteiger partial charge in [-0.05, 0) is 37.6 Å². The van der Waals surface area contributed by atoms with E-state index in [0.29, 0.717) is 12.6 Å². The summed E-state index contributed by atoms with van der Waals surface area (Å²) in [5.41, 5.74) is 1.80. The van der Waals surface area contributed by atoms with Gasteiger partial charge in [0.1, 0.15) is 0 Å². The number of hydrogen-bond acceptors (Lipinski definition) is 3. The molecule has 0 bridgehead atoms. The van der Waals surface area contributed by atoms with E-state index in [1.54, 1.807) is 6.20 Å². The summed E-state index contributed by atoms with van der Waals surface area (Å²) >= 11 is 0. The minimum atomic E-state index is 0. The SMILES string of the molecule is CNC1CCCN(C(=O)c2ccccc2Cn2cccn2)C1.Cl.Cl. The van der Waals surface area contributed by atoms with Gasteiger partial charge in [-0.25, -0.2) is 0 Å². The first-order valence-corrected chi connectivity index (χ1v) is 7.80. The zero-order chi connectivity index (χ0) is 15.4. The molecule has 0 saturated carbocycles. The van der Waals surface area contributed by atoms with Crippen LogP contribution >= 0.6 is 24.8 Å². The number of nitrogens with one attached hydrogen (secondary N) is 1. The van der Waals surface area contributed by atoms with E-state index < -0.39 is 0 Å². The van der Waals surface area contributed by atoms with Crippen molar-refractivity contribution in [3.8, 4) is 0 Å². The van der Waals surface area contributed by atoms with Crippen LogP contribution in [0.3, 0.4) is 0 Å². The van der Waals surface area contributed by atoms with Crippen LogP contribution in [0, 0.1) is 0 Å². The van der Waals surface area contributed by atoms with Gasteiger partial charge in [0.25, 0.3) is 5.91 Å². The van der Waals surface area contributed by atoms with E-state index in [9.17, 15) is 4.79 Å². The van der Waals surface area contributed by atoms with E-state index in [-0.39, 0.29) is 30.7 Å². The molecule has 1 amide bonds. The first-order chi connectivity index (χ1) is 10.8.